The number of aromatic nitrogens is 1. The average Bonchev–Trinajstić information content (AvgIpc) is 3.32. The van der Waals surface area contributed by atoms with Gasteiger partial charge in [0.1, 0.15) is 11.4 Å². The van der Waals surface area contributed by atoms with Crippen molar-refractivity contribution < 1.29 is 22.8 Å². The molecule has 1 saturated carbocycles. The van der Waals surface area contributed by atoms with Gasteiger partial charge in [-0.05, 0) is 41.8 Å². The van der Waals surface area contributed by atoms with Gasteiger partial charge in [-0.15, -0.1) is 0 Å². The smallest absolute Gasteiger partial charge is 0.268 e. The van der Waals surface area contributed by atoms with E-state index in [2.05, 4.69) is 5.32 Å². The third kappa shape index (κ3) is 3.71. The van der Waals surface area contributed by atoms with Gasteiger partial charge in [-0.25, -0.2) is 13.2 Å². The second-order valence-electron chi connectivity index (χ2n) is 7.72. The third-order valence-electron chi connectivity index (χ3n) is 5.64. The Labute approximate surface area is 170 Å². The number of pyridine rings is 1. The molecule has 1 unspecified atom stereocenters. The van der Waals surface area contributed by atoms with Crippen LogP contribution in [0.2, 0.25) is 0 Å². The minimum Gasteiger partial charge on any atom is -0.351 e. The summed E-state index contributed by atoms with van der Waals surface area (Å²) in [6, 6.07) is 5.19. The van der Waals surface area contributed by atoms with Crippen molar-refractivity contribution >= 4 is 11.8 Å². The minimum absolute atomic E-state index is 0.121. The summed E-state index contributed by atoms with van der Waals surface area (Å²) in [7, 11) is 0. The van der Waals surface area contributed by atoms with Crippen LogP contribution in [0.4, 0.5) is 13.2 Å². The molecular formula is C21H20F3N3O3. The van der Waals surface area contributed by atoms with Gasteiger partial charge in [-0.2, -0.15) is 0 Å². The Kier molecular flexibility index (Phi) is 4.91. The molecule has 9 heteroatoms. The standard InChI is InChI=1S/C21H20F3N3O3/c1-12(28)26-7-6-17-13(10-26)11-27(16-4-2-15(22)3-5-16)20(30)18(17)19(29)25-9-14-8-21(14,23)24/h2-5,11,14H,6-10H2,1H3,(H,25,29). The fourth-order valence-electron chi connectivity index (χ4n) is 3.75. The number of carbonyl (C=O) groups is 2. The van der Waals surface area contributed by atoms with Gasteiger partial charge in [0.15, 0.2) is 0 Å². The van der Waals surface area contributed by atoms with Gasteiger partial charge in [-0.1, -0.05) is 0 Å². The largest absolute Gasteiger partial charge is 0.351 e. The third-order valence-corrected chi connectivity index (χ3v) is 5.64. The van der Waals surface area contributed by atoms with Crippen LogP contribution in [0.3, 0.4) is 0 Å². The van der Waals surface area contributed by atoms with Crippen LogP contribution in [0.5, 0.6) is 0 Å². The van der Waals surface area contributed by atoms with Crippen molar-refractivity contribution in [1.29, 1.82) is 0 Å². The Bertz CT molecular complexity index is 1080. The number of fused-ring (bicyclic) bond motifs is 1. The molecule has 1 aromatic carbocycles. The van der Waals surface area contributed by atoms with Crippen molar-refractivity contribution in [2.24, 2.45) is 5.92 Å². The molecule has 4 rings (SSSR count). The van der Waals surface area contributed by atoms with Crippen LogP contribution in [0.15, 0.2) is 35.3 Å². The summed E-state index contributed by atoms with van der Waals surface area (Å²) in [6.45, 7) is 1.78. The van der Waals surface area contributed by atoms with Crippen LogP contribution in [-0.4, -0.2) is 40.3 Å². The molecule has 1 aliphatic carbocycles. The van der Waals surface area contributed by atoms with E-state index in [1.807, 2.05) is 0 Å². The second-order valence-corrected chi connectivity index (χ2v) is 7.72. The maximum absolute atomic E-state index is 13.3. The molecule has 1 aromatic heterocycles. The van der Waals surface area contributed by atoms with E-state index < -0.39 is 29.1 Å². The Hall–Kier alpha value is -3.10. The summed E-state index contributed by atoms with van der Waals surface area (Å²) in [4.78, 5) is 39.4. The molecule has 30 heavy (non-hydrogen) atoms. The summed E-state index contributed by atoms with van der Waals surface area (Å²) in [5, 5.41) is 2.46. The van der Waals surface area contributed by atoms with E-state index in [1.165, 1.54) is 35.8 Å². The number of rotatable bonds is 4. The number of alkyl halides is 2. The highest BCUT2D eigenvalue weighted by Crippen LogP contribution is 2.48. The first-order chi connectivity index (χ1) is 14.2. The van der Waals surface area contributed by atoms with E-state index in [1.54, 1.807) is 11.1 Å². The molecule has 2 amide bonds. The van der Waals surface area contributed by atoms with Gasteiger partial charge < -0.3 is 10.2 Å². The van der Waals surface area contributed by atoms with E-state index in [4.69, 9.17) is 0 Å². The zero-order valence-electron chi connectivity index (χ0n) is 16.3. The van der Waals surface area contributed by atoms with Crippen LogP contribution < -0.4 is 10.9 Å². The lowest BCUT2D eigenvalue weighted by atomic mass is 9.95. The molecule has 1 aliphatic heterocycles. The molecule has 1 atom stereocenters. The fraction of sp³-hybridized carbons (Fsp3) is 0.381. The molecule has 2 heterocycles. The number of amides is 2. The van der Waals surface area contributed by atoms with Crippen LogP contribution >= 0.6 is 0 Å². The van der Waals surface area contributed by atoms with Crippen LogP contribution in [0.25, 0.3) is 5.69 Å². The van der Waals surface area contributed by atoms with E-state index in [0.717, 1.165) is 0 Å². The second kappa shape index (κ2) is 7.30. The molecule has 1 N–H and O–H groups in total. The maximum atomic E-state index is 13.3. The van der Waals surface area contributed by atoms with Gasteiger partial charge in [0.05, 0.1) is 0 Å². The number of halogens is 3. The molecule has 1 fully saturated rings. The van der Waals surface area contributed by atoms with E-state index >= 15 is 0 Å². The molecule has 2 aliphatic rings. The molecule has 0 bridgehead atoms. The number of benzene rings is 1. The number of hydrogen-bond donors (Lipinski definition) is 1. The quantitative estimate of drug-likeness (QED) is 0.827. The summed E-state index contributed by atoms with van der Waals surface area (Å²) in [5.41, 5.74) is 0.741. The van der Waals surface area contributed by atoms with Crippen LogP contribution in [-0.2, 0) is 17.8 Å². The van der Waals surface area contributed by atoms with Gasteiger partial charge in [0.2, 0.25) is 5.91 Å². The van der Waals surface area contributed by atoms with Gasteiger partial charge in [0, 0.05) is 50.8 Å². The molecule has 6 nitrogen and oxygen atoms in total. The Morgan fingerprint density at radius 1 is 1.23 bits per heavy atom. The summed E-state index contributed by atoms with van der Waals surface area (Å²) < 4.78 is 40.8. The SMILES string of the molecule is CC(=O)N1CCc2c(cn(-c3ccc(F)cc3)c(=O)c2C(=O)NCC2CC2(F)F)C1. The predicted octanol–water partition coefficient (Wildman–Crippen LogP) is 2.27. The first-order valence-corrected chi connectivity index (χ1v) is 9.62. The van der Waals surface area contributed by atoms with Crippen molar-refractivity contribution in [2.45, 2.75) is 32.2 Å². The average molecular weight is 419 g/mol. The predicted molar refractivity (Wildman–Crippen MR) is 102 cm³/mol. The molecule has 158 valence electrons. The molecule has 2 aromatic rings. The zero-order chi connectivity index (χ0) is 21.6. The van der Waals surface area contributed by atoms with E-state index in [0.29, 0.717) is 29.8 Å². The Balaban J connectivity index is 1.75. The van der Waals surface area contributed by atoms with Crippen molar-refractivity contribution in [3.63, 3.8) is 0 Å². The highest BCUT2D eigenvalue weighted by molar-refractivity contribution is 5.96. The topological polar surface area (TPSA) is 71.4 Å². The van der Waals surface area contributed by atoms with Crippen molar-refractivity contribution in [1.82, 2.24) is 14.8 Å². The van der Waals surface area contributed by atoms with Gasteiger partial charge in [-0.3, -0.25) is 19.0 Å². The summed E-state index contributed by atoms with van der Waals surface area (Å²) in [5.74, 6) is -5.03. The molecule has 0 saturated heterocycles. The number of nitrogens with zero attached hydrogens (tertiary/aromatic N) is 2. The lowest BCUT2D eigenvalue weighted by Gasteiger charge is -2.29. The summed E-state index contributed by atoms with van der Waals surface area (Å²) in [6.07, 6.45) is 1.57. The van der Waals surface area contributed by atoms with E-state index in [9.17, 15) is 27.6 Å². The molecule has 0 radical (unpaired) electrons. The number of nitrogens with one attached hydrogen (secondary N) is 1. The zero-order valence-corrected chi connectivity index (χ0v) is 16.3. The Morgan fingerprint density at radius 3 is 2.50 bits per heavy atom. The lowest BCUT2D eigenvalue weighted by molar-refractivity contribution is -0.129. The molecular weight excluding hydrogens is 399 g/mol. The van der Waals surface area contributed by atoms with Gasteiger partial charge in [0.25, 0.3) is 17.4 Å². The van der Waals surface area contributed by atoms with Gasteiger partial charge >= 0.3 is 0 Å². The number of carbonyl (C=O) groups excluding carboxylic acids is 2. The Morgan fingerprint density at radius 2 is 1.90 bits per heavy atom. The summed E-state index contributed by atoms with van der Waals surface area (Å²) >= 11 is 0. The van der Waals surface area contributed by atoms with E-state index in [-0.39, 0.29) is 31.0 Å². The number of hydrogen-bond acceptors (Lipinski definition) is 3. The van der Waals surface area contributed by atoms with Crippen molar-refractivity contribution in [3.05, 3.63) is 63.3 Å². The lowest BCUT2D eigenvalue weighted by Crippen LogP contribution is -2.41. The fourth-order valence-corrected chi connectivity index (χ4v) is 3.75. The first kappa shape index (κ1) is 20.2. The first-order valence-electron chi connectivity index (χ1n) is 9.62. The molecule has 0 spiro atoms. The van der Waals surface area contributed by atoms with Crippen molar-refractivity contribution in [3.8, 4) is 5.69 Å². The normalized spacial score (nSPS) is 19.2. The highest BCUT2D eigenvalue weighted by Gasteiger charge is 2.56. The highest BCUT2D eigenvalue weighted by atomic mass is 19.3. The minimum atomic E-state index is -2.78. The monoisotopic (exact) mass is 419 g/mol. The maximum Gasteiger partial charge on any atom is 0.268 e. The van der Waals surface area contributed by atoms with Crippen molar-refractivity contribution in [2.75, 3.05) is 13.1 Å². The van der Waals surface area contributed by atoms with Crippen LogP contribution in [0, 0.1) is 11.7 Å². The van der Waals surface area contributed by atoms with Crippen LogP contribution in [0.1, 0.15) is 34.8 Å².